The number of fused-ring (bicyclic) bond motifs is 5. The number of aliphatic hydroxyl groups excluding tert-OH is 2. The van der Waals surface area contributed by atoms with Crippen LogP contribution in [0, 0.1) is 40.9 Å². The lowest BCUT2D eigenvalue weighted by atomic mass is 9.53. The van der Waals surface area contributed by atoms with Crippen LogP contribution in [0.4, 0.5) is 0 Å². The molecule has 3 aliphatic rings. The summed E-state index contributed by atoms with van der Waals surface area (Å²) < 4.78 is 0. The van der Waals surface area contributed by atoms with Crippen LogP contribution in [0.5, 0.6) is 5.75 Å². The van der Waals surface area contributed by atoms with E-state index in [1.54, 1.807) is 0 Å². The molecular weight excluding hydrogens is 384 g/mol. The first-order valence-corrected chi connectivity index (χ1v) is 12.9. The van der Waals surface area contributed by atoms with E-state index >= 15 is 0 Å². The van der Waals surface area contributed by atoms with Gasteiger partial charge in [-0.3, -0.25) is 0 Å². The molecule has 9 atom stereocenters. The molecule has 0 radical (unpaired) electrons. The smallest absolute Gasteiger partial charge is 0.115 e. The Hall–Kier alpha value is -1.06. The van der Waals surface area contributed by atoms with E-state index in [4.69, 9.17) is 0 Å². The Morgan fingerprint density at radius 1 is 1.03 bits per heavy atom. The number of rotatable bonds is 6. The lowest BCUT2D eigenvalue weighted by Gasteiger charge is -2.52. The third kappa shape index (κ3) is 3.84. The van der Waals surface area contributed by atoms with Gasteiger partial charge in [-0.25, -0.2) is 0 Å². The van der Waals surface area contributed by atoms with Gasteiger partial charge in [0.15, 0.2) is 0 Å². The fraction of sp³-hybridized carbons (Fsp3) is 0.786. The second-order valence-corrected chi connectivity index (χ2v) is 11.7. The Morgan fingerprint density at radius 2 is 1.77 bits per heavy atom. The van der Waals surface area contributed by atoms with Crippen LogP contribution in [0.3, 0.4) is 0 Å². The molecule has 3 N–H and O–H groups in total. The Morgan fingerprint density at radius 3 is 2.45 bits per heavy atom. The predicted molar refractivity (Wildman–Crippen MR) is 126 cm³/mol. The van der Waals surface area contributed by atoms with Gasteiger partial charge < -0.3 is 15.3 Å². The molecule has 0 aliphatic heterocycles. The number of benzene rings is 1. The standard InChI is InChI=1S/C28H44O3/c1-6-20(16(2)3)27(31)26(30)17(4)24-11-12-25-23-9-7-18-15-19(29)8-10-21(18)22(23)13-14-28(24,25)5/h8,10,15-17,20,22-27,29-31H,6-7,9,11-14H2,1-5H3/t17-,20-,22+,23+,24+,25-,26+,27+,28+/m0/s1. The van der Waals surface area contributed by atoms with Crippen molar-refractivity contribution in [2.45, 2.75) is 97.7 Å². The van der Waals surface area contributed by atoms with Crippen molar-refractivity contribution in [3.8, 4) is 5.75 Å². The molecule has 3 nitrogen and oxygen atoms in total. The van der Waals surface area contributed by atoms with Crippen molar-refractivity contribution in [2.75, 3.05) is 0 Å². The van der Waals surface area contributed by atoms with Gasteiger partial charge in [-0.05, 0) is 109 Å². The highest BCUT2D eigenvalue weighted by Crippen LogP contribution is 2.64. The minimum absolute atomic E-state index is 0.127. The second kappa shape index (κ2) is 8.71. The molecule has 0 saturated heterocycles. The van der Waals surface area contributed by atoms with Crippen LogP contribution in [-0.2, 0) is 6.42 Å². The van der Waals surface area contributed by atoms with Crippen LogP contribution in [-0.4, -0.2) is 27.5 Å². The van der Waals surface area contributed by atoms with Crippen LogP contribution in [0.15, 0.2) is 18.2 Å². The van der Waals surface area contributed by atoms with Crippen molar-refractivity contribution in [1.29, 1.82) is 0 Å². The maximum absolute atomic E-state index is 11.2. The summed E-state index contributed by atoms with van der Waals surface area (Å²) in [6, 6.07) is 6.02. The van der Waals surface area contributed by atoms with E-state index in [0.29, 0.717) is 35.3 Å². The molecule has 4 rings (SSSR count). The number of aromatic hydroxyl groups is 1. The van der Waals surface area contributed by atoms with Crippen LogP contribution < -0.4 is 0 Å². The second-order valence-electron chi connectivity index (χ2n) is 11.7. The van der Waals surface area contributed by atoms with E-state index in [2.05, 4.69) is 40.7 Å². The summed E-state index contributed by atoms with van der Waals surface area (Å²) in [5.41, 5.74) is 3.09. The molecule has 3 heteroatoms. The zero-order valence-corrected chi connectivity index (χ0v) is 20.2. The van der Waals surface area contributed by atoms with Crippen molar-refractivity contribution < 1.29 is 15.3 Å². The Bertz CT molecular complexity index is 774. The minimum atomic E-state index is -0.638. The van der Waals surface area contributed by atoms with Gasteiger partial charge in [-0.15, -0.1) is 0 Å². The highest BCUT2D eigenvalue weighted by Gasteiger charge is 2.56. The summed E-state index contributed by atoms with van der Waals surface area (Å²) in [5.74, 6) is 3.59. The van der Waals surface area contributed by atoms with E-state index in [0.717, 1.165) is 12.8 Å². The minimum Gasteiger partial charge on any atom is -0.508 e. The zero-order valence-electron chi connectivity index (χ0n) is 20.2. The number of aliphatic hydroxyl groups is 2. The van der Waals surface area contributed by atoms with Gasteiger partial charge in [0.1, 0.15) is 5.75 Å². The van der Waals surface area contributed by atoms with Gasteiger partial charge >= 0.3 is 0 Å². The fourth-order valence-corrected chi connectivity index (χ4v) is 8.38. The molecule has 0 heterocycles. The van der Waals surface area contributed by atoms with Crippen molar-refractivity contribution >= 4 is 0 Å². The van der Waals surface area contributed by atoms with E-state index in [9.17, 15) is 15.3 Å². The van der Waals surface area contributed by atoms with Crippen molar-refractivity contribution in [2.24, 2.45) is 40.9 Å². The molecule has 1 aromatic rings. The molecule has 0 aromatic heterocycles. The number of phenolic OH excluding ortho intramolecular Hbond substituents is 1. The van der Waals surface area contributed by atoms with Crippen molar-refractivity contribution in [3.63, 3.8) is 0 Å². The third-order valence-electron chi connectivity index (χ3n) is 10.1. The van der Waals surface area contributed by atoms with Crippen LogP contribution in [0.1, 0.15) is 90.2 Å². The molecule has 0 bridgehead atoms. The van der Waals surface area contributed by atoms with Gasteiger partial charge in [0.25, 0.3) is 0 Å². The van der Waals surface area contributed by atoms with E-state index in [-0.39, 0.29) is 17.3 Å². The first-order chi connectivity index (χ1) is 14.7. The first kappa shape index (κ1) is 23.1. The van der Waals surface area contributed by atoms with Gasteiger partial charge in [0, 0.05) is 0 Å². The Balaban J connectivity index is 1.53. The molecule has 1 aromatic carbocycles. The largest absolute Gasteiger partial charge is 0.508 e. The highest BCUT2D eigenvalue weighted by molar-refractivity contribution is 5.40. The van der Waals surface area contributed by atoms with Gasteiger partial charge in [-0.1, -0.05) is 47.1 Å². The maximum atomic E-state index is 11.2. The van der Waals surface area contributed by atoms with Gasteiger partial charge in [0.05, 0.1) is 12.2 Å². The summed E-state index contributed by atoms with van der Waals surface area (Å²) in [7, 11) is 0. The molecule has 0 amide bonds. The maximum Gasteiger partial charge on any atom is 0.115 e. The predicted octanol–water partition coefficient (Wildman–Crippen LogP) is 5.90. The molecule has 174 valence electrons. The number of hydrogen-bond acceptors (Lipinski definition) is 3. The van der Waals surface area contributed by atoms with Crippen LogP contribution >= 0.6 is 0 Å². The Labute approximate surface area is 189 Å². The first-order valence-electron chi connectivity index (χ1n) is 12.9. The topological polar surface area (TPSA) is 60.7 Å². The van der Waals surface area contributed by atoms with Gasteiger partial charge in [-0.2, -0.15) is 0 Å². The monoisotopic (exact) mass is 428 g/mol. The van der Waals surface area contributed by atoms with Gasteiger partial charge in [0.2, 0.25) is 0 Å². The zero-order chi connectivity index (χ0) is 22.5. The molecule has 2 fully saturated rings. The quantitative estimate of drug-likeness (QED) is 0.528. The van der Waals surface area contributed by atoms with Crippen LogP contribution in [0.2, 0.25) is 0 Å². The molecule has 3 aliphatic carbocycles. The number of hydrogen-bond donors (Lipinski definition) is 3. The number of phenols is 1. The Kier molecular flexibility index (Phi) is 6.49. The van der Waals surface area contributed by atoms with Crippen molar-refractivity contribution in [3.05, 3.63) is 29.3 Å². The van der Waals surface area contributed by atoms with Crippen LogP contribution in [0.25, 0.3) is 0 Å². The SMILES string of the molecule is CC[C@@H](C(C)C)[C@@H](O)[C@H](O)[C@@H](C)[C@H]1CC[C@H]2[C@@H]3CCc4cc(O)ccc4[C@H]3CC[C@]12C. The average molecular weight is 429 g/mol. The molecule has 0 spiro atoms. The molecule has 0 unspecified atom stereocenters. The fourth-order valence-electron chi connectivity index (χ4n) is 8.38. The average Bonchev–Trinajstić information content (AvgIpc) is 3.09. The van der Waals surface area contributed by atoms with Crippen molar-refractivity contribution in [1.82, 2.24) is 0 Å². The van der Waals surface area contributed by atoms with E-state index in [1.165, 1.54) is 43.2 Å². The summed E-state index contributed by atoms with van der Waals surface area (Å²) in [4.78, 5) is 0. The molecule has 31 heavy (non-hydrogen) atoms. The normalized spacial score (nSPS) is 36.3. The lowest BCUT2D eigenvalue weighted by molar-refractivity contribution is -0.0881. The summed E-state index contributed by atoms with van der Waals surface area (Å²) >= 11 is 0. The molecular formula is C28H44O3. The third-order valence-corrected chi connectivity index (χ3v) is 10.1. The highest BCUT2D eigenvalue weighted by atomic mass is 16.3. The van der Waals surface area contributed by atoms with E-state index < -0.39 is 12.2 Å². The lowest BCUT2D eigenvalue weighted by Crippen LogP contribution is -2.48. The summed E-state index contributed by atoms with van der Waals surface area (Å²) in [6.45, 7) is 11.1. The molecule has 2 saturated carbocycles. The summed E-state index contributed by atoms with van der Waals surface area (Å²) in [6.07, 6.45) is 6.78. The summed E-state index contributed by atoms with van der Waals surface area (Å²) in [5, 5.41) is 32.1. The number of aryl methyl sites for hydroxylation is 1. The van der Waals surface area contributed by atoms with E-state index in [1.807, 2.05) is 12.1 Å².